The van der Waals surface area contributed by atoms with Crippen LogP contribution in [-0.4, -0.2) is 60.0 Å². The van der Waals surface area contributed by atoms with Gasteiger partial charge in [0.05, 0.1) is 12.4 Å². The summed E-state index contributed by atoms with van der Waals surface area (Å²) in [5.74, 6) is -0.228. The third-order valence-electron chi connectivity index (χ3n) is 4.30. The molecule has 0 unspecified atom stereocenters. The summed E-state index contributed by atoms with van der Waals surface area (Å²) in [4.78, 5) is 20.7. The van der Waals surface area contributed by atoms with E-state index in [2.05, 4.69) is 47.1 Å². The Morgan fingerprint density at radius 1 is 1.19 bits per heavy atom. The van der Waals surface area contributed by atoms with Crippen molar-refractivity contribution < 1.29 is 27.8 Å². The molecule has 0 amide bonds. The maximum atomic E-state index is 10.6. The number of aromatic nitrogens is 5. The van der Waals surface area contributed by atoms with Crippen LogP contribution in [0.1, 0.15) is 16.5 Å². The maximum absolute atomic E-state index is 10.6. The fourth-order valence-electron chi connectivity index (χ4n) is 2.82. The van der Waals surface area contributed by atoms with Crippen molar-refractivity contribution in [1.82, 2.24) is 29.6 Å². The Bertz CT molecular complexity index is 966. The lowest BCUT2D eigenvalue weighted by Gasteiger charge is -2.18. The fourth-order valence-corrected chi connectivity index (χ4v) is 3.57. The number of fused-ring (bicyclic) bond motifs is 1. The summed E-state index contributed by atoms with van der Waals surface area (Å²) in [6, 6.07) is 4.30. The van der Waals surface area contributed by atoms with Crippen molar-refractivity contribution in [3.05, 3.63) is 52.8 Å². The highest BCUT2D eigenvalue weighted by atomic mass is 32.1. The monoisotopic (exact) mass is 456 g/mol. The van der Waals surface area contributed by atoms with Gasteiger partial charge in [0, 0.05) is 37.5 Å². The van der Waals surface area contributed by atoms with Crippen LogP contribution < -0.4 is 4.74 Å². The number of thiophene rings is 1. The van der Waals surface area contributed by atoms with Crippen molar-refractivity contribution in [1.29, 1.82) is 0 Å². The van der Waals surface area contributed by atoms with Crippen molar-refractivity contribution in [2.24, 2.45) is 0 Å². The topological polar surface area (TPSA) is 106 Å². The van der Waals surface area contributed by atoms with Crippen molar-refractivity contribution in [3.8, 4) is 5.75 Å². The van der Waals surface area contributed by atoms with Crippen LogP contribution in [0.25, 0.3) is 0 Å². The summed E-state index contributed by atoms with van der Waals surface area (Å²) in [5.41, 5.74) is 0. The number of hydrogen-bond donors (Lipinski definition) is 1. The van der Waals surface area contributed by atoms with Gasteiger partial charge in [-0.2, -0.15) is 13.2 Å². The minimum Gasteiger partial charge on any atom is -0.482 e. The highest BCUT2D eigenvalue weighted by Crippen LogP contribution is 2.16. The van der Waals surface area contributed by atoms with E-state index in [9.17, 15) is 13.2 Å². The molecule has 9 nitrogen and oxygen atoms in total. The average Bonchev–Trinajstić information content (AvgIpc) is 3.34. The van der Waals surface area contributed by atoms with Crippen LogP contribution in [0.3, 0.4) is 0 Å². The third-order valence-corrected chi connectivity index (χ3v) is 5.16. The van der Waals surface area contributed by atoms with Gasteiger partial charge in [0.25, 0.3) is 0 Å². The maximum Gasteiger partial charge on any atom is 0.490 e. The molecule has 0 aromatic carbocycles. The quantitative estimate of drug-likeness (QED) is 0.624. The number of alkyl halides is 3. The van der Waals surface area contributed by atoms with Gasteiger partial charge in [-0.15, -0.1) is 21.5 Å². The smallest absolute Gasteiger partial charge is 0.482 e. The van der Waals surface area contributed by atoms with E-state index in [1.807, 2.05) is 11.3 Å². The Kier molecular flexibility index (Phi) is 7.52. The van der Waals surface area contributed by atoms with Gasteiger partial charge in [0.1, 0.15) is 18.8 Å². The van der Waals surface area contributed by atoms with Gasteiger partial charge in [-0.05, 0) is 11.4 Å². The fraction of sp³-hybridized carbons (Fsp3) is 0.389. The SMILES string of the molecule is O=C(O)C(F)(F)F.c1csc(CN2CCc3nnc(COc4cncnc4)n3CC2)c1. The largest absolute Gasteiger partial charge is 0.490 e. The Labute approximate surface area is 179 Å². The lowest BCUT2D eigenvalue weighted by Crippen LogP contribution is -2.26. The minimum absolute atomic E-state index is 0.380. The van der Waals surface area contributed by atoms with Crippen molar-refractivity contribution in [3.63, 3.8) is 0 Å². The van der Waals surface area contributed by atoms with E-state index < -0.39 is 12.1 Å². The van der Waals surface area contributed by atoms with E-state index in [4.69, 9.17) is 14.6 Å². The van der Waals surface area contributed by atoms with E-state index in [0.717, 1.165) is 44.2 Å². The lowest BCUT2D eigenvalue weighted by atomic mass is 10.3. The molecule has 0 fully saturated rings. The van der Waals surface area contributed by atoms with Crippen molar-refractivity contribution >= 4 is 17.3 Å². The molecule has 4 heterocycles. The summed E-state index contributed by atoms with van der Waals surface area (Å²) in [6.45, 7) is 4.26. The molecule has 3 aromatic heterocycles. The summed E-state index contributed by atoms with van der Waals surface area (Å²) < 4.78 is 39.6. The molecule has 31 heavy (non-hydrogen) atoms. The summed E-state index contributed by atoms with van der Waals surface area (Å²) in [5, 5.41) is 17.9. The van der Waals surface area contributed by atoms with Gasteiger partial charge in [0.15, 0.2) is 11.6 Å². The third kappa shape index (κ3) is 6.72. The van der Waals surface area contributed by atoms with Crippen LogP contribution in [0.5, 0.6) is 5.75 Å². The first-order valence-electron chi connectivity index (χ1n) is 9.16. The number of carboxylic acids is 1. The highest BCUT2D eigenvalue weighted by Gasteiger charge is 2.38. The molecule has 1 aliphatic rings. The first kappa shape index (κ1) is 22.6. The molecule has 0 aliphatic carbocycles. The Hall–Kier alpha value is -3.06. The summed E-state index contributed by atoms with van der Waals surface area (Å²) >= 11 is 1.81. The second-order valence-electron chi connectivity index (χ2n) is 6.46. The zero-order valence-electron chi connectivity index (χ0n) is 16.2. The molecular formula is C18H19F3N6O3S. The van der Waals surface area contributed by atoms with Crippen LogP contribution in [-0.2, 0) is 30.9 Å². The Morgan fingerprint density at radius 3 is 2.58 bits per heavy atom. The van der Waals surface area contributed by atoms with E-state index in [1.165, 1.54) is 11.2 Å². The number of carbonyl (C=O) groups is 1. The predicted octanol–water partition coefficient (Wildman–Crippen LogP) is 2.40. The predicted molar refractivity (Wildman–Crippen MR) is 103 cm³/mol. The number of halogens is 3. The molecule has 13 heteroatoms. The van der Waals surface area contributed by atoms with Crippen LogP contribution in [0.2, 0.25) is 0 Å². The summed E-state index contributed by atoms with van der Waals surface area (Å²) in [7, 11) is 0. The van der Waals surface area contributed by atoms with Crippen LogP contribution in [0.4, 0.5) is 13.2 Å². The van der Waals surface area contributed by atoms with E-state index in [-0.39, 0.29) is 0 Å². The van der Waals surface area contributed by atoms with Crippen LogP contribution >= 0.6 is 11.3 Å². The van der Waals surface area contributed by atoms with Crippen molar-refractivity contribution in [2.45, 2.75) is 32.3 Å². The molecule has 0 spiro atoms. The number of hydrogen-bond acceptors (Lipinski definition) is 8. The van der Waals surface area contributed by atoms with Gasteiger partial charge < -0.3 is 14.4 Å². The number of ether oxygens (including phenoxy) is 1. The van der Waals surface area contributed by atoms with Gasteiger partial charge in [0.2, 0.25) is 0 Å². The van der Waals surface area contributed by atoms with Gasteiger partial charge in [-0.25, -0.2) is 14.8 Å². The number of nitrogens with zero attached hydrogens (tertiary/aromatic N) is 6. The molecule has 3 aromatic rings. The molecule has 1 N–H and O–H groups in total. The Morgan fingerprint density at radius 2 is 1.94 bits per heavy atom. The number of aliphatic carboxylic acids is 1. The molecule has 0 saturated heterocycles. The molecule has 1 aliphatic heterocycles. The number of rotatable bonds is 5. The normalized spacial score (nSPS) is 14.2. The second-order valence-corrected chi connectivity index (χ2v) is 7.49. The molecule has 0 saturated carbocycles. The number of carboxylic acid groups (broad SMARTS) is 1. The summed E-state index contributed by atoms with van der Waals surface area (Å²) in [6.07, 6.45) is 0.607. The van der Waals surface area contributed by atoms with E-state index >= 15 is 0 Å². The Balaban J connectivity index is 0.000000339. The molecule has 0 atom stereocenters. The van der Waals surface area contributed by atoms with Gasteiger partial charge >= 0.3 is 12.1 Å². The minimum atomic E-state index is -5.08. The van der Waals surface area contributed by atoms with Crippen LogP contribution in [0.15, 0.2) is 36.2 Å². The van der Waals surface area contributed by atoms with Gasteiger partial charge in [-0.3, -0.25) is 4.90 Å². The molecule has 0 radical (unpaired) electrons. The van der Waals surface area contributed by atoms with Crippen molar-refractivity contribution in [2.75, 3.05) is 13.1 Å². The van der Waals surface area contributed by atoms with E-state index in [0.29, 0.717) is 12.4 Å². The van der Waals surface area contributed by atoms with Gasteiger partial charge in [-0.1, -0.05) is 6.07 Å². The highest BCUT2D eigenvalue weighted by molar-refractivity contribution is 7.09. The van der Waals surface area contributed by atoms with E-state index in [1.54, 1.807) is 12.4 Å². The standard InChI is InChI=1S/C16H18N6OS.C2HF3O2/c1-2-14(24-7-1)10-21-4-3-15-19-20-16(22(15)6-5-21)11-23-13-8-17-12-18-9-13;3-2(4,5)1(6)7/h1-2,7-9,12H,3-6,10-11H2;(H,6,7). The molecule has 166 valence electrons. The zero-order valence-corrected chi connectivity index (χ0v) is 17.0. The first-order chi connectivity index (χ1) is 14.8. The lowest BCUT2D eigenvalue weighted by molar-refractivity contribution is -0.192. The molecule has 4 rings (SSSR count). The molecule has 0 bridgehead atoms. The average molecular weight is 456 g/mol. The molecular weight excluding hydrogens is 437 g/mol. The zero-order chi connectivity index (χ0) is 22.3. The van der Waals surface area contributed by atoms with Crippen LogP contribution in [0, 0.1) is 0 Å². The second kappa shape index (κ2) is 10.3. The first-order valence-corrected chi connectivity index (χ1v) is 10.0.